The van der Waals surface area contributed by atoms with Gasteiger partial charge in [-0.2, -0.15) is 0 Å². The van der Waals surface area contributed by atoms with Crippen LogP contribution in [0.15, 0.2) is 249 Å². The minimum absolute atomic E-state index is 1.09. The molecule has 11 aromatic rings. The fourth-order valence-electron chi connectivity index (χ4n) is 9.12. The number of hydrogen-bond acceptors (Lipinski definition) is 1. The molecule has 0 unspecified atom stereocenters. The molecule has 0 aromatic heterocycles. The van der Waals surface area contributed by atoms with E-state index in [-0.39, 0.29) is 0 Å². The zero-order chi connectivity index (χ0) is 40.5. The Balaban J connectivity index is 1.05. The molecule has 1 nitrogen and oxygen atoms in total. The van der Waals surface area contributed by atoms with Crippen LogP contribution in [0.4, 0.5) is 17.1 Å². The lowest BCUT2D eigenvalue weighted by molar-refractivity contribution is 1.30. The lowest BCUT2D eigenvalue weighted by Crippen LogP contribution is -2.12. The Morgan fingerprint density at radius 2 is 0.639 bits per heavy atom. The molecule has 11 aromatic carbocycles. The first-order valence-corrected chi connectivity index (χ1v) is 21.0. The predicted molar refractivity (Wildman–Crippen MR) is 261 cm³/mol. The normalized spacial score (nSPS) is 11.3. The third kappa shape index (κ3) is 6.73. The van der Waals surface area contributed by atoms with E-state index >= 15 is 0 Å². The van der Waals surface area contributed by atoms with Crippen molar-refractivity contribution in [3.05, 3.63) is 249 Å². The number of fused-ring (bicyclic) bond motifs is 4. The third-order valence-electron chi connectivity index (χ3n) is 12.0. The molecule has 0 amide bonds. The van der Waals surface area contributed by atoms with E-state index in [2.05, 4.69) is 254 Å². The minimum Gasteiger partial charge on any atom is -0.309 e. The number of hydrogen-bond donors (Lipinski definition) is 0. The molecule has 0 bridgehead atoms. The minimum atomic E-state index is 1.09. The summed E-state index contributed by atoms with van der Waals surface area (Å²) in [5.74, 6) is 0. The standard InChI is InChI=1S/C60H41N/c1-3-16-42(17-4-1)47-20-13-21-48(40-47)45-34-32-43(33-35-45)44-36-38-52(39-37-44)61(51-24-5-2-6-25-51)60-58-30-12-10-28-56(58)55-27-9-11-29-57(55)59(60)50-23-14-22-49(41-50)54-31-15-19-46-18-7-8-26-53(46)54/h1-41H. The van der Waals surface area contributed by atoms with E-state index in [9.17, 15) is 0 Å². The van der Waals surface area contributed by atoms with Crippen LogP contribution in [0, 0.1) is 0 Å². The van der Waals surface area contributed by atoms with Gasteiger partial charge >= 0.3 is 0 Å². The van der Waals surface area contributed by atoms with Crippen LogP contribution in [0.2, 0.25) is 0 Å². The van der Waals surface area contributed by atoms with E-state index in [0.717, 1.165) is 17.1 Å². The Bertz CT molecular complexity index is 3330. The van der Waals surface area contributed by atoms with Gasteiger partial charge in [-0.1, -0.05) is 212 Å². The van der Waals surface area contributed by atoms with Gasteiger partial charge in [0.1, 0.15) is 0 Å². The topological polar surface area (TPSA) is 3.24 Å². The van der Waals surface area contributed by atoms with Crippen LogP contribution in [0.1, 0.15) is 0 Å². The Morgan fingerprint density at radius 3 is 1.33 bits per heavy atom. The van der Waals surface area contributed by atoms with Crippen molar-refractivity contribution < 1.29 is 0 Å². The average Bonchev–Trinajstić information content (AvgIpc) is 3.35. The number of para-hydroxylation sites is 1. The molecule has 0 saturated carbocycles. The van der Waals surface area contributed by atoms with Crippen molar-refractivity contribution in [2.75, 3.05) is 4.90 Å². The molecule has 0 N–H and O–H groups in total. The highest BCUT2D eigenvalue weighted by atomic mass is 15.1. The van der Waals surface area contributed by atoms with Gasteiger partial charge in [-0.05, 0) is 113 Å². The first kappa shape index (κ1) is 36.1. The Hall–Kier alpha value is -8.00. The summed E-state index contributed by atoms with van der Waals surface area (Å²) >= 11 is 0. The summed E-state index contributed by atoms with van der Waals surface area (Å²) in [4.78, 5) is 2.46. The second-order valence-electron chi connectivity index (χ2n) is 15.7. The number of benzene rings is 11. The second kappa shape index (κ2) is 15.6. The van der Waals surface area contributed by atoms with Crippen molar-refractivity contribution in [1.29, 1.82) is 0 Å². The summed E-state index contributed by atoms with van der Waals surface area (Å²) in [6.45, 7) is 0. The third-order valence-corrected chi connectivity index (χ3v) is 12.0. The average molecular weight is 776 g/mol. The lowest BCUT2D eigenvalue weighted by Gasteiger charge is -2.31. The van der Waals surface area contributed by atoms with Gasteiger partial charge in [0, 0.05) is 22.3 Å². The van der Waals surface area contributed by atoms with Crippen LogP contribution < -0.4 is 4.90 Å². The van der Waals surface area contributed by atoms with Crippen molar-refractivity contribution >= 4 is 49.4 Å². The van der Waals surface area contributed by atoms with E-state index in [0.29, 0.717) is 0 Å². The van der Waals surface area contributed by atoms with Gasteiger partial charge in [0.05, 0.1) is 5.69 Å². The highest BCUT2D eigenvalue weighted by Gasteiger charge is 2.24. The summed E-state index contributed by atoms with van der Waals surface area (Å²) in [7, 11) is 0. The van der Waals surface area contributed by atoms with E-state index < -0.39 is 0 Å². The maximum absolute atomic E-state index is 2.46. The molecular weight excluding hydrogens is 735 g/mol. The summed E-state index contributed by atoms with van der Waals surface area (Å²) < 4.78 is 0. The zero-order valence-corrected chi connectivity index (χ0v) is 33.6. The Morgan fingerprint density at radius 1 is 0.230 bits per heavy atom. The highest BCUT2D eigenvalue weighted by molar-refractivity contribution is 6.22. The monoisotopic (exact) mass is 775 g/mol. The summed E-state index contributed by atoms with van der Waals surface area (Å²) in [6.07, 6.45) is 0. The summed E-state index contributed by atoms with van der Waals surface area (Å²) in [5, 5.41) is 7.39. The summed E-state index contributed by atoms with van der Waals surface area (Å²) in [6, 6.07) is 90.4. The first-order valence-electron chi connectivity index (χ1n) is 21.0. The van der Waals surface area contributed by atoms with Crippen LogP contribution in [0.5, 0.6) is 0 Å². The molecule has 0 saturated heterocycles. The van der Waals surface area contributed by atoms with E-state index in [1.54, 1.807) is 0 Å². The van der Waals surface area contributed by atoms with Crippen LogP contribution in [-0.4, -0.2) is 0 Å². The molecule has 286 valence electrons. The molecule has 0 aliphatic heterocycles. The SMILES string of the molecule is c1ccc(-c2cccc(-c3ccc(-c4ccc(N(c5ccccc5)c5c(-c6cccc(-c7cccc8ccccc78)c6)c6ccccc6c6ccccc56)cc4)cc3)c2)cc1. The van der Waals surface area contributed by atoms with E-state index in [4.69, 9.17) is 0 Å². The van der Waals surface area contributed by atoms with Gasteiger partial charge in [0.25, 0.3) is 0 Å². The molecular formula is C60H41N. The van der Waals surface area contributed by atoms with Gasteiger partial charge in [0.2, 0.25) is 0 Å². The molecule has 0 aliphatic carbocycles. The van der Waals surface area contributed by atoms with Crippen LogP contribution in [0.25, 0.3) is 88.0 Å². The molecule has 0 heterocycles. The van der Waals surface area contributed by atoms with Gasteiger partial charge in [-0.25, -0.2) is 0 Å². The summed E-state index contributed by atoms with van der Waals surface area (Å²) in [5.41, 5.74) is 15.4. The first-order chi connectivity index (χ1) is 30.3. The van der Waals surface area contributed by atoms with Crippen molar-refractivity contribution in [2.45, 2.75) is 0 Å². The predicted octanol–water partition coefficient (Wildman–Crippen LogP) is 17.0. The Kier molecular flexibility index (Phi) is 9.26. The van der Waals surface area contributed by atoms with Crippen molar-refractivity contribution in [2.24, 2.45) is 0 Å². The number of anilines is 3. The fraction of sp³-hybridized carbons (Fsp3) is 0. The smallest absolute Gasteiger partial charge is 0.0624 e. The van der Waals surface area contributed by atoms with Gasteiger partial charge in [-0.3, -0.25) is 0 Å². The van der Waals surface area contributed by atoms with Crippen molar-refractivity contribution in [3.8, 4) is 55.6 Å². The highest BCUT2D eigenvalue weighted by Crippen LogP contribution is 2.50. The van der Waals surface area contributed by atoms with Gasteiger partial charge < -0.3 is 4.90 Å². The van der Waals surface area contributed by atoms with Crippen molar-refractivity contribution in [3.63, 3.8) is 0 Å². The van der Waals surface area contributed by atoms with Crippen molar-refractivity contribution in [1.82, 2.24) is 0 Å². The Labute approximate surface area is 357 Å². The lowest BCUT2D eigenvalue weighted by atomic mass is 9.88. The maximum atomic E-state index is 2.46. The van der Waals surface area contributed by atoms with E-state index in [1.807, 2.05) is 0 Å². The van der Waals surface area contributed by atoms with E-state index in [1.165, 1.54) is 88.0 Å². The molecule has 0 fully saturated rings. The quantitative estimate of drug-likeness (QED) is 0.139. The van der Waals surface area contributed by atoms with Crippen LogP contribution >= 0.6 is 0 Å². The fourth-order valence-corrected chi connectivity index (χ4v) is 9.12. The van der Waals surface area contributed by atoms with Gasteiger partial charge in [0.15, 0.2) is 0 Å². The number of nitrogens with zero attached hydrogens (tertiary/aromatic N) is 1. The van der Waals surface area contributed by atoms with Crippen LogP contribution in [-0.2, 0) is 0 Å². The van der Waals surface area contributed by atoms with Gasteiger partial charge in [-0.15, -0.1) is 0 Å². The maximum Gasteiger partial charge on any atom is 0.0624 e. The second-order valence-corrected chi connectivity index (χ2v) is 15.7. The molecule has 0 spiro atoms. The molecule has 11 rings (SSSR count). The molecule has 0 radical (unpaired) electrons. The molecule has 0 aliphatic rings. The number of rotatable bonds is 8. The molecule has 0 atom stereocenters. The largest absolute Gasteiger partial charge is 0.309 e. The van der Waals surface area contributed by atoms with Crippen LogP contribution in [0.3, 0.4) is 0 Å². The molecule has 1 heteroatoms. The molecule has 61 heavy (non-hydrogen) atoms. The zero-order valence-electron chi connectivity index (χ0n) is 33.6.